The van der Waals surface area contributed by atoms with Gasteiger partial charge >= 0.3 is 0 Å². The number of rotatable bonds is 5. The van der Waals surface area contributed by atoms with Crippen LogP contribution in [-0.2, 0) is 4.79 Å². The number of non-ortho nitro benzene ring substituents is 1. The van der Waals surface area contributed by atoms with E-state index in [4.69, 9.17) is 11.2 Å². The fourth-order valence-electron chi connectivity index (χ4n) is 3.14. The highest BCUT2D eigenvalue weighted by atomic mass is 32.2. The number of hydrogen-bond donors (Lipinski definition) is 0. The van der Waals surface area contributed by atoms with Gasteiger partial charge in [0.1, 0.15) is 5.75 Å². The van der Waals surface area contributed by atoms with Crippen LogP contribution >= 0.6 is 11.8 Å². The van der Waals surface area contributed by atoms with E-state index < -0.39 is 16.1 Å². The molecule has 0 spiro atoms. The van der Waals surface area contributed by atoms with Gasteiger partial charge in [-0.25, -0.2) is 0 Å². The molecule has 8 nitrogen and oxygen atoms in total. The van der Waals surface area contributed by atoms with Gasteiger partial charge in [-0.1, -0.05) is 5.92 Å². The number of aromatic nitrogens is 1. The maximum atomic E-state index is 12.4. The van der Waals surface area contributed by atoms with Gasteiger partial charge in [0.05, 0.1) is 35.2 Å². The normalized spacial score (nSPS) is 15.1. The van der Waals surface area contributed by atoms with E-state index >= 15 is 0 Å². The lowest BCUT2D eigenvalue weighted by Crippen LogP contribution is -2.28. The van der Waals surface area contributed by atoms with Gasteiger partial charge in [0.2, 0.25) is 0 Å². The first-order valence-corrected chi connectivity index (χ1v) is 9.30. The number of carbonyl (C=O) groups excluding carboxylic acids is 2. The zero-order valence-electron chi connectivity index (χ0n) is 16.0. The maximum absolute atomic E-state index is 12.4. The Balaban J connectivity index is 2.05. The molecular weight excluding hydrogens is 394 g/mol. The van der Waals surface area contributed by atoms with E-state index in [2.05, 4.69) is 5.92 Å². The molecule has 0 radical (unpaired) electrons. The largest absolute Gasteiger partial charge is 0.494 e. The number of nitro benzene ring substituents is 1. The molecule has 0 unspecified atom stereocenters. The summed E-state index contributed by atoms with van der Waals surface area (Å²) in [6.07, 6.45) is 6.87. The second-order valence-corrected chi connectivity index (χ2v) is 7.24. The maximum Gasteiger partial charge on any atom is 0.294 e. The van der Waals surface area contributed by atoms with E-state index in [0.29, 0.717) is 16.3 Å². The summed E-state index contributed by atoms with van der Waals surface area (Å²) in [7, 11) is 1.44. The molecule has 1 fully saturated rings. The van der Waals surface area contributed by atoms with Crippen molar-refractivity contribution in [2.24, 2.45) is 0 Å². The first-order chi connectivity index (χ1) is 13.8. The Labute approximate surface area is 171 Å². The third kappa shape index (κ3) is 3.62. The number of aryl methyl sites for hydroxylation is 1. The molecule has 2 amide bonds. The van der Waals surface area contributed by atoms with Crippen molar-refractivity contribution in [3.8, 4) is 23.8 Å². The van der Waals surface area contributed by atoms with Crippen molar-refractivity contribution < 1.29 is 19.2 Å². The summed E-state index contributed by atoms with van der Waals surface area (Å²) in [5, 5.41) is 10.6. The lowest BCUT2D eigenvalue weighted by molar-refractivity contribution is -0.384. The second-order valence-electron chi connectivity index (χ2n) is 6.25. The molecule has 0 aliphatic carbocycles. The number of thioether (sulfide) groups is 1. The average Bonchev–Trinajstić information content (AvgIpc) is 3.11. The van der Waals surface area contributed by atoms with E-state index in [9.17, 15) is 19.7 Å². The van der Waals surface area contributed by atoms with Crippen molar-refractivity contribution in [2.45, 2.75) is 13.8 Å². The fraction of sp³-hybridized carbons (Fsp3) is 0.200. The van der Waals surface area contributed by atoms with Crippen molar-refractivity contribution in [3.05, 3.63) is 56.2 Å². The van der Waals surface area contributed by atoms with Crippen molar-refractivity contribution in [1.82, 2.24) is 9.47 Å². The number of ether oxygens (including phenoxy) is 1. The van der Waals surface area contributed by atoms with Gasteiger partial charge in [-0.2, -0.15) is 0 Å². The third-order valence-electron chi connectivity index (χ3n) is 4.49. The van der Waals surface area contributed by atoms with E-state index in [0.717, 1.165) is 33.6 Å². The van der Waals surface area contributed by atoms with Crippen LogP contribution in [-0.4, -0.2) is 39.2 Å². The Bertz CT molecular complexity index is 1110. The number of terminal acetylenes is 1. The summed E-state index contributed by atoms with van der Waals surface area (Å²) < 4.78 is 7.22. The SMILES string of the molecule is C#CCN1C(=O)S/C(=C/c2cc(C)n(-c3ccc([N+](=O)[O-])cc3OC)c2C)C1=O. The molecule has 0 saturated carbocycles. The first-order valence-electron chi connectivity index (χ1n) is 8.49. The minimum atomic E-state index is -0.487. The molecule has 2 aromatic rings. The topological polar surface area (TPSA) is 94.7 Å². The Hall–Kier alpha value is -3.51. The molecule has 0 N–H and O–H groups in total. The van der Waals surface area contributed by atoms with Crippen LogP contribution in [0.1, 0.15) is 17.0 Å². The molecule has 3 rings (SSSR count). The predicted molar refractivity (Wildman–Crippen MR) is 110 cm³/mol. The summed E-state index contributed by atoms with van der Waals surface area (Å²) >= 11 is 0.843. The summed E-state index contributed by atoms with van der Waals surface area (Å²) in [5.41, 5.74) is 2.93. The number of nitrogens with zero attached hydrogens (tertiary/aromatic N) is 3. The van der Waals surface area contributed by atoms with Crippen molar-refractivity contribution in [2.75, 3.05) is 13.7 Å². The van der Waals surface area contributed by atoms with Gasteiger partial charge in [0.25, 0.3) is 16.8 Å². The summed E-state index contributed by atoms with van der Waals surface area (Å²) in [6, 6.07) is 6.24. The number of carbonyl (C=O) groups is 2. The molecule has 1 saturated heterocycles. The lowest BCUT2D eigenvalue weighted by atomic mass is 10.2. The number of imide groups is 1. The van der Waals surface area contributed by atoms with Gasteiger partial charge in [-0.3, -0.25) is 24.6 Å². The van der Waals surface area contributed by atoms with Gasteiger partial charge in [-0.15, -0.1) is 6.42 Å². The lowest BCUT2D eigenvalue weighted by Gasteiger charge is -2.13. The van der Waals surface area contributed by atoms with Crippen LogP contribution in [0.5, 0.6) is 5.75 Å². The Morgan fingerprint density at radius 3 is 2.66 bits per heavy atom. The molecule has 0 bridgehead atoms. The van der Waals surface area contributed by atoms with Crippen LogP contribution in [0.4, 0.5) is 10.5 Å². The van der Waals surface area contributed by atoms with Gasteiger partial charge in [-0.05, 0) is 49.4 Å². The van der Waals surface area contributed by atoms with Crippen LogP contribution in [0, 0.1) is 36.3 Å². The third-order valence-corrected chi connectivity index (χ3v) is 5.40. The highest BCUT2D eigenvalue weighted by Crippen LogP contribution is 2.35. The van der Waals surface area contributed by atoms with E-state index in [1.54, 1.807) is 12.1 Å². The molecule has 9 heteroatoms. The standard InChI is InChI=1S/C20H17N3O5S/c1-5-8-21-19(24)18(29-20(21)25)10-14-9-12(2)22(13(14)3)16-7-6-15(23(26)27)11-17(16)28-4/h1,6-7,9-11H,8H2,2-4H3/b18-10+. The minimum absolute atomic E-state index is 0.0684. The average molecular weight is 411 g/mol. The fourth-order valence-corrected chi connectivity index (χ4v) is 3.97. The summed E-state index contributed by atoms with van der Waals surface area (Å²) in [5.74, 6) is 2.23. The monoisotopic (exact) mass is 411 g/mol. The number of amides is 2. The summed E-state index contributed by atoms with van der Waals surface area (Å²) in [4.78, 5) is 36.3. The Kier molecular flexibility index (Phi) is 5.48. The first kappa shape index (κ1) is 20.2. The number of benzene rings is 1. The smallest absolute Gasteiger partial charge is 0.294 e. The zero-order valence-corrected chi connectivity index (χ0v) is 16.8. The van der Waals surface area contributed by atoms with E-state index in [1.165, 1.54) is 19.2 Å². The van der Waals surface area contributed by atoms with Crippen molar-refractivity contribution >= 4 is 34.7 Å². The molecule has 148 valence electrons. The van der Waals surface area contributed by atoms with Crippen LogP contribution in [0.15, 0.2) is 29.2 Å². The molecule has 1 aromatic carbocycles. The second kappa shape index (κ2) is 7.85. The predicted octanol–water partition coefficient (Wildman–Crippen LogP) is 3.68. The summed E-state index contributed by atoms with van der Waals surface area (Å²) in [6.45, 7) is 3.65. The van der Waals surface area contributed by atoms with Gasteiger partial charge in [0.15, 0.2) is 0 Å². The molecular formula is C20H17N3O5S. The number of nitro groups is 1. The van der Waals surface area contributed by atoms with Crippen molar-refractivity contribution in [1.29, 1.82) is 0 Å². The van der Waals surface area contributed by atoms with Gasteiger partial charge < -0.3 is 9.30 Å². The highest BCUT2D eigenvalue weighted by molar-refractivity contribution is 8.18. The molecule has 1 aromatic heterocycles. The van der Waals surface area contributed by atoms with Crippen molar-refractivity contribution in [3.63, 3.8) is 0 Å². The van der Waals surface area contributed by atoms with Crippen LogP contribution in [0.3, 0.4) is 0 Å². The zero-order chi connectivity index (χ0) is 21.3. The molecule has 1 aliphatic heterocycles. The Morgan fingerprint density at radius 1 is 1.31 bits per heavy atom. The number of methoxy groups -OCH3 is 1. The van der Waals surface area contributed by atoms with Gasteiger partial charge in [0, 0.05) is 17.5 Å². The van der Waals surface area contributed by atoms with Crippen LogP contribution in [0.2, 0.25) is 0 Å². The number of hydrogen-bond acceptors (Lipinski definition) is 6. The molecule has 1 aliphatic rings. The quantitative estimate of drug-likeness (QED) is 0.322. The minimum Gasteiger partial charge on any atom is -0.494 e. The van der Waals surface area contributed by atoms with E-state index in [1.807, 2.05) is 24.5 Å². The Morgan fingerprint density at radius 2 is 2.03 bits per heavy atom. The molecule has 2 heterocycles. The van der Waals surface area contributed by atoms with E-state index in [-0.39, 0.29) is 12.2 Å². The molecule has 0 atom stereocenters. The molecule has 29 heavy (non-hydrogen) atoms. The van der Waals surface area contributed by atoms with Crippen LogP contribution in [0.25, 0.3) is 11.8 Å². The highest BCUT2D eigenvalue weighted by Gasteiger charge is 2.34. The van der Waals surface area contributed by atoms with Crippen LogP contribution < -0.4 is 4.74 Å².